The predicted molar refractivity (Wildman–Crippen MR) is 71.9 cm³/mol. The molecule has 1 N–H and O–H groups in total. The first kappa shape index (κ1) is 14.1. The van der Waals surface area contributed by atoms with Crippen LogP contribution in [0, 0.1) is 5.92 Å². The van der Waals surface area contributed by atoms with Gasteiger partial charge in [-0.2, -0.15) is 0 Å². The van der Waals surface area contributed by atoms with Crippen molar-refractivity contribution < 1.29 is 9.53 Å². The summed E-state index contributed by atoms with van der Waals surface area (Å²) < 4.78 is 5.76. The predicted octanol–water partition coefficient (Wildman–Crippen LogP) is 1.19. The summed E-state index contributed by atoms with van der Waals surface area (Å²) in [6.45, 7) is 3.47. The van der Waals surface area contributed by atoms with E-state index in [9.17, 15) is 4.79 Å². The number of carbonyl (C=O) groups excluding carboxylic acids is 1. The molecule has 2 saturated heterocycles. The van der Waals surface area contributed by atoms with Crippen molar-refractivity contribution >= 4 is 18.3 Å². The summed E-state index contributed by atoms with van der Waals surface area (Å²) in [6.07, 6.45) is 6.00. The molecule has 0 spiro atoms. The molecule has 2 unspecified atom stereocenters. The van der Waals surface area contributed by atoms with Crippen LogP contribution in [0.4, 0.5) is 0 Å². The van der Waals surface area contributed by atoms with Gasteiger partial charge in [-0.05, 0) is 38.6 Å². The SMILES string of the molecule is Cl.O=C([C@@H]1CCCNC1)N1CCOC2CCCC21. The first-order valence-corrected chi connectivity index (χ1v) is 6.99. The third kappa shape index (κ3) is 2.65. The van der Waals surface area contributed by atoms with Crippen molar-refractivity contribution in [1.29, 1.82) is 0 Å². The summed E-state index contributed by atoms with van der Waals surface area (Å²) in [5.41, 5.74) is 0. The molecular formula is C13H23ClN2O2. The van der Waals surface area contributed by atoms with Crippen molar-refractivity contribution in [2.24, 2.45) is 5.92 Å². The molecule has 18 heavy (non-hydrogen) atoms. The van der Waals surface area contributed by atoms with Crippen LogP contribution >= 0.6 is 12.4 Å². The molecule has 4 nitrogen and oxygen atoms in total. The van der Waals surface area contributed by atoms with Crippen LogP contribution < -0.4 is 5.32 Å². The molecule has 1 saturated carbocycles. The van der Waals surface area contributed by atoms with E-state index in [1.54, 1.807) is 0 Å². The van der Waals surface area contributed by atoms with Crippen LogP contribution in [0.15, 0.2) is 0 Å². The molecule has 1 amide bonds. The van der Waals surface area contributed by atoms with E-state index in [4.69, 9.17) is 4.74 Å². The number of piperidine rings is 1. The molecule has 104 valence electrons. The van der Waals surface area contributed by atoms with Crippen LogP contribution in [-0.4, -0.2) is 49.2 Å². The van der Waals surface area contributed by atoms with Gasteiger partial charge in [-0.3, -0.25) is 4.79 Å². The minimum Gasteiger partial charge on any atom is -0.374 e. The summed E-state index contributed by atoms with van der Waals surface area (Å²) in [7, 11) is 0. The molecule has 1 aliphatic carbocycles. The zero-order valence-corrected chi connectivity index (χ0v) is 11.6. The molecule has 3 aliphatic rings. The van der Waals surface area contributed by atoms with Gasteiger partial charge >= 0.3 is 0 Å². The van der Waals surface area contributed by atoms with Crippen molar-refractivity contribution in [2.45, 2.75) is 44.2 Å². The van der Waals surface area contributed by atoms with E-state index in [1.807, 2.05) is 0 Å². The van der Waals surface area contributed by atoms with Gasteiger partial charge in [0.05, 0.1) is 24.7 Å². The highest BCUT2D eigenvalue weighted by Gasteiger charge is 2.40. The van der Waals surface area contributed by atoms with Crippen molar-refractivity contribution in [3.8, 4) is 0 Å². The number of fused-ring (bicyclic) bond motifs is 1. The number of carbonyl (C=O) groups is 1. The molecular weight excluding hydrogens is 252 g/mol. The van der Waals surface area contributed by atoms with Gasteiger partial charge < -0.3 is 15.0 Å². The Morgan fingerprint density at radius 1 is 1.22 bits per heavy atom. The van der Waals surface area contributed by atoms with E-state index in [0.717, 1.165) is 51.9 Å². The van der Waals surface area contributed by atoms with Crippen LogP contribution in [0.2, 0.25) is 0 Å². The number of nitrogens with zero attached hydrogens (tertiary/aromatic N) is 1. The third-order valence-electron chi connectivity index (χ3n) is 4.41. The Labute approximate surface area is 115 Å². The van der Waals surface area contributed by atoms with Crippen LogP contribution in [-0.2, 0) is 9.53 Å². The largest absolute Gasteiger partial charge is 0.374 e. The summed E-state index contributed by atoms with van der Waals surface area (Å²) in [5.74, 6) is 0.584. The second-order valence-corrected chi connectivity index (χ2v) is 5.48. The highest BCUT2D eigenvalue weighted by molar-refractivity contribution is 5.85. The number of morpholine rings is 1. The minimum absolute atomic E-state index is 0. The van der Waals surface area contributed by atoms with Crippen molar-refractivity contribution in [2.75, 3.05) is 26.2 Å². The monoisotopic (exact) mass is 274 g/mol. The maximum Gasteiger partial charge on any atom is 0.227 e. The van der Waals surface area contributed by atoms with Gasteiger partial charge in [0, 0.05) is 13.1 Å². The second kappa shape index (κ2) is 6.22. The summed E-state index contributed by atoms with van der Waals surface area (Å²) >= 11 is 0. The molecule has 2 aliphatic heterocycles. The van der Waals surface area contributed by atoms with Crippen molar-refractivity contribution in [3.05, 3.63) is 0 Å². The number of rotatable bonds is 1. The fraction of sp³-hybridized carbons (Fsp3) is 0.923. The van der Waals surface area contributed by atoms with E-state index >= 15 is 0 Å². The number of ether oxygens (including phenoxy) is 1. The van der Waals surface area contributed by atoms with Crippen LogP contribution in [0.5, 0.6) is 0 Å². The molecule has 0 bridgehead atoms. The van der Waals surface area contributed by atoms with Gasteiger partial charge in [-0.1, -0.05) is 0 Å². The fourth-order valence-electron chi connectivity index (χ4n) is 3.50. The van der Waals surface area contributed by atoms with Gasteiger partial charge in [0.25, 0.3) is 0 Å². The van der Waals surface area contributed by atoms with Crippen LogP contribution in [0.3, 0.4) is 0 Å². The zero-order chi connectivity index (χ0) is 11.7. The quantitative estimate of drug-likeness (QED) is 0.781. The number of hydrogen-bond acceptors (Lipinski definition) is 3. The topological polar surface area (TPSA) is 41.6 Å². The number of hydrogen-bond donors (Lipinski definition) is 1. The van der Waals surface area contributed by atoms with Gasteiger partial charge in [-0.15, -0.1) is 12.4 Å². The lowest BCUT2D eigenvalue weighted by Gasteiger charge is -2.40. The van der Waals surface area contributed by atoms with Crippen LogP contribution in [0.25, 0.3) is 0 Å². The Kier molecular flexibility index (Phi) is 4.87. The zero-order valence-electron chi connectivity index (χ0n) is 10.8. The first-order chi connectivity index (χ1) is 8.36. The van der Waals surface area contributed by atoms with E-state index in [2.05, 4.69) is 10.2 Å². The molecule has 5 heteroatoms. The fourth-order valence-corrected chi connectivity index (χ4v) is 3.50. The average molecular weight is 275 g/mol. The maximum atomic E-state index is 12.5. The molecule has 3 atom stereocenters. The lowest BCUT2D eigenvalue weighted by molar-refractivity contribution is -0.148. The molecule has 2 heterocycles. The van der Waals surface area contributed by atoms with E-state index < -0.39 is 0 Å². The van der Waals surface area contributed by atoms with Crippen molar-refractivity contribution in [1.82, 2.24) is 10.2 Å². The summed E-state index contributed by atoms with van der Waals surface area (Å²) in [5, 5.41) is 3.34. The highest BCUT2D eigenvalue weighted by atomic mass is 35.5. The van der Waals surface area contributed by atoms with E-state index in [1.165, 1.54) is 6.42 Å². The van der Waals surface area contributed by atoms with E-state index in [0.29, 0.717) is 18.1 Å². The maximum absolute atomic E-state index is 12.5. The van der Waals surface area contributed by atoms with Gasteiger partial charge in [-0.25, -0.2) is 0 Å². The second-order valence-electron chi connectivity index (χ2n) is 5.48. The van der Waals surface area contributed by atoms with Gasteiger partial charge in [0.2, 0.25) is 5.91 Å². The third-order valence-corrected chi connectivity index (χ3v) is 4.41. The summed E-state index contributed by atoms with van der Waals surface area (Å²) in [4.78, 5) is 14.6. The molecule has 0 aromatic heterocycles. The van der Waals surface area contributed by atoms with Gasteiger partial charge in [0.1, 0.15) is 0 Å². The Morgan fingerprint density at radius 3 is 2.89 bits per heavy atom. The summed E-state index contributed by atoms with van der Waals surface area (Å²) in [6, 6.07) is 0.373. The van der Waals surface area contributed by atoms with E-state index in [-0.39, 0.29) is 18.3 Å². The first-order valence-electron chi connectivity index (χ1n) is 6.99. The van der Waals surface area contributed by atoms with Crippen LogP contribution in [0.1, 0.15) is 32.1 Å². The Bertz CT molecular complexity index is 295. The Morgan fingerprint density at radius 2 is 2.11 bits per heavy atom. The lowest BCUT2D eigenvalue weighted by Crippen LogP contribution is -2.54. The number of amides is 1. The number of nitrogens with one attached hydrogen (secondary N) is 1. The van der Waals surface area contributed by atoms with Crippen molar-refractivity contribution in [3.63, 3.8) is 0 Å². The Balaban J connectivity index is 0.00000120. The number of halogens is 1. The smallest absolute Gasteiger partial charge is 0.227 e. The highest BCUT2D eigenvalue weighted by Crippen LogP contribution is 2.31. The van der Waals surface area contributed by atoms with Gasteiger partial charge in [0.15, 0.2) is 0 Å². The normalized spacial score (nSPS) is 35.8. The Hall–Kier alpha value is -0.320. The standard InChI is InChI=1S/C13H22N2O2.ClH/c16-13(10-3-2-6-14-9-10)15-7-8-17-12-5-1-4-11(12)15;/h10-12,14H,1-9H2;1H/t10-,11?,12?;/m1./s1. The molecule has 0 aromatic rings. The molecule has 0 aromatic carbocycles. The minimum atomic E-state index is 0. The lowest BCUT2D eigenvalue weighted by atomic mass is 9.96. The molecule has 0 radical (unpaired) electrons. The molecule has 3 rings (SSSR count). The molecule has 3 fully saturated rings. The average Bonchev–Trinajstić information content (AvgIpc) is 2.87.